The number of carbonyl (C=O) groups excluding carboxylic acids is 1. The molecular formula is C15H23N3O2. The van der Waals surface area contributed by atoms with Gasteiger partial charge in [0.2, 0.25) is 0 Å². The molecule has 1 saturated heterocycles. The molecule has 2 heterocycles. The highest BCUT2D eigenvalue weighted by atomic mass is 16.5. The Balaban J connectivity index is 2.25. The number of nitrogens with zero attached hydrogens (tertiary/aromatic N) is 2. The van der Waals surface area contributed by atoms with Crippen molar-refractivity contribution >= 4 is 11.8 Å². The van der Waals surface area contributed by atoms with Crippen LogP contribution in [0, 0.1) is 6.92 Å². The summed E-state index contributed by atoms with van der Waals surface area (Å²) < 4.78 is 5.03. The van der Waals surface area contributed by atoms with Gasteiger partial charge in [-0.25, -0.2) is 9.78 Å². The molecule has 5 heteroatoms. The van der Waals surface area contributed by atoms with Crippen molar-refractivity contribution in [1.29, 1.82) is 0 Å². The summed E-state index contributed by atoms with van der Waals surface area (Å²) in [5, 5.41) is 3.47. The first kappa shape index (κ1) is 14.8. The molecule has 1 aromatic heterocycles. The average molecular weight is 277 g/mol. The molecule has 1 fully saturated rings. The maximum atomic E-state index is 11.8. The Morgan fingerprint density at radius 2 is 2.25 bits per heavy atom. The lowest BCUT2D eigenvalue weighted by molar-refractivity contribution is 0.0519. The minimum atomic E-state index is -0.355. The molecule has 0 aliphatic carbocycles. The standard InChI is InChI=1S/C15H23N3O2/c1-5-20-14(19)12-8-11(2)9-13(17-12)18-7-6-16-15(3,4)10-18/h8-9,16H,5-7,10H2,1-4H3. The molecule has 0 aromatic carbocycles. The van der Waals surface area contributed by atoms with Crippen molar-refractivity contribution in [3.8, 4) is 0 Å². The van der Waals surface area contributed by atoms with E-state index in [2.05, 4.69) is 29.0 Å². The monoisotopic (exact) mass is 277 g/mol. The Bertz CT molecular complexity index is 500. The third-order valence-electron chi connectivity index (χ3n) is 3.34. The Kier molecular flexibility index (Phi) is 4.28. The Labute approximate surface area is 120 Å². The number of anilines is 1. The zero-order chi connectivity index (χ0) is 14.8. The highest BCUT2D eigenvalue weighted by Gasteiger charge is 2.27. The second kappa shape index (κ2) is 5.79. The van der Waals surface area contributed by atoms with Crippen LogP contribution in [0.1, 0.15) is 36.8 Å². The van der Waals surface area contributed by atoms with Crippen LogP contribution in [0.15, 0.2) is 12.1 Å². The second-order valence-electron chi connectivity index (χ2n) is 5.84. The largest absolute Gasteiger partial charge is 0.461 e. The SMILES string of the molecule is CCOC(=O)c1cc(C)cc(N2CCNC(C)(C)C2)n1. The number of aryl methyl sites for hydroxylation is 1. The molecule has 0 amide bonds. The lowest BCUT2D eigenvalue weighted by Crippen LogP contribution is -2.57. The predicted octanol–water partition coefficient (Wildman–Crippen LogP) is 1.75. The highest BCUT2D eigenvalue weighted by molar-refractivity contribution is 5.88. The molecule has 0 radical (unpaired) electrons. The zero-order valence-electron chi connectivity index (χ0n) is 12.7. The molecular weight excluding hydrogens is 254 g/mol. The van der Waals surface area contributed by atoms with Crippen molar-refractivity contribution in [2.45, 2.75) is 33.2 Å². The smallest absolute Gasteiger partial charge is 0.357 e. The number of nitrogens with one attached hydrogen (secondary N) is 1. The Morgan fingerprint density at radius 3 is 2.90 bits per heavy atom. The van der Waals surface area contributed by atoms with Crippen molar-refractivity contribution in [2.75, 3.05) is 31.1 Å². The van der Waals surface area contributed by atoms with E-state index in [0.717, 1.165) is 31.0 Å². The van der Waals surface area contributed by atoms with Crippen LogP contribution in [0.25, 0.3) is 0 Å². The summed E-state index contributed by atoms with van der Waals surface area (Å²) >= 11 is 0. The van der Waals surface area contributed by atoms with Crippen molar-refractivity contribution in [1.82, 2.24) is 10.3 Å². The van der Waals surface area contributed by atoms with E-state index in [1.165, 1.54) is 0 Å². The van der Waals surface area contributed by atoms with Crippen molar-refractivity contribution in [3.63, 3.8) is 0 Å². The van der Waals surface area contributed by atoms with Gasteiger partial charge in [0.1, 0.15) is 5.82 Å². The third kappa shape index (κ3) is 3.48. The quantitative estimate of drug-likeness (QED) is 0.853. The number of rotatable bonds is 3. The van der Waals surface area contributed by atoms with E-state index in [9.17, 15) is 4.79 Å². The first-order valence-corrected chi connectivity index (χ1v) is 7.07. The normalized spacial score (nSPS) is 17.9. The van der Waals surface area contributed by atoms with Gasteiger partial charge in [0.25, 0.3) is 0 Å². The van der Waals surface area contributed by atoms with E-state index in [4.69, 9.17) is 4.74 Å². The first-order chi connectivity index (χ1) is 9.41. The molecule has 5 nitrogen and oxygen atoms in total. The minimum Gasteiger partial charge on any atom is -0.461 e. The van der Waals surface area contributed by atoms with Crippen LogP contribution >= 0.6 is 0 Å². The number of esters is 1. The van der Waals surface area contributed by atoms with Crippen molar-refractivity contribution < 1.29 is 9.53 Å². The van der Waals surface area contributed by atoms with Crippen LogP contribution in [-0.4, -0.2) is 42.7 Å². The number of hydrogen-bond donors (Lipinski definition) is 1. The summed E-state index contributed by atoms with van der Waals surface area (Å²) in [6.45, 7) is 11.1. The van der Waals surface area contributed by atoms with Gasteiger partial charge in [-0.1, -0.05) is 0 Å². The molecule has 1 aliphatic heterocycles. The molecule has 20 heavy (non-hydrogen) atoms. The topological polar surface area (TPSA) is 54.5 Å². The van der Waals surface area contributed by atoms with Crippen molar-refractivity contribution in [3.05, 3.63) is 23.4 Å². The van der Waals surface area contributed by atoms with Crippen LogP contribution < -0.4 is 10.2 Å². The lowest BCUT2D eigenvalue weighted by Gasteiger charge is -2.39. The predicted molar refractivity (Wildman–Crippen MR) is 79.2 cm³/mol. The maximum absolute atomic E-state index is 11.8. The molecule has 0 saturated carbocycles. The van der Waals surface area contributed by atoms with E-state index in [1.807, 2.05) is 13.0 Å². The Morgan fingerprint density at radius 1 is 1.50 bits per heavy atom. The molecule has 0 spiro atoms. The van der Waals surface area contributed by atoms with Crippen LogP contribution in [0.2, 0.25) is 0 Å². The van der Waals surface area contributed by atoms with Gasteiger partial charge in [0, 0.05) is 25.2 Å². The Hall–Kier alpha value is -1.62. The van der Waals surface area contributed by atoms with Crippen LogP contribution in [-0.2, 0) is 4.74 Å². The van der Waals surface area contributed by atoms with E-state index < -0.39 is 0 Å². The van der Waals surface area contributed by atoms with Crippen molar-refractivity contribution in [2.24, 2.45) is 0 Å². The first-order valence-electron chi connectivity index (χ1n) is 7.07. The van der Waals surface area contributed by atoms with Gasteiger partial charge in [0.15, 0.2) is 5.69 Å². The molecule has 1 aliphatic rings. The molecule has 0 bridgehead atoms. The second-order valence-corrected chi connectivity index (χ2v) is 5.84. The summed E-state index contributed by atoms with van der Waals surface area (Å²) in [5.74, 6) is 0.495. The molecule has 2 rings (SSSR count). The number of hydrogen-bond acceptors (Lipinski definition) is 5. The van der Waals surface area contributed by atoms with Crippen LogP contribution in [0.4, 0.5) is 5.82 Å². The summed E-state index contributed by atoms with van der Waals surface area (Å²) in [5.41, 5.74) is 1.46. The zero-order valence-corrected chi connectivity index (χ0v) is 12.7. The molecule has 0 atom stereocenters. The number of pyridine rings is 1. The summed E-state index contributed by atoms with van der Waals surface area (Å²) in [6.07, 6.45) is 0. The fourth-order valence-electron chi connectivity index (χ4n) is 2.46. The van der Waals surface area contributed by atoms with Crippen LogP contribution in [0.3, 0.4) is 0 Å². The van der Waals surface area contributed by atoms with E-state index >= 15 is 0 Å². The van der Waals surface area contributed by atoms with E-state index in [0.29, 0.717) is 12.3 Å². The van der Waals surface area contributed by atoms with E-state index in [1.54, 1.807) is 13.0 Å². The van der Waals surface area contributed by atoms with Gasteiger partial charge in [-0.2, -0.15) is 0 Å². The van der Waals surface area contributed by atoms with Gasteiger partial charge in [-0.3, -0.25) is 0 Å². The van der Waals surface area contributed by atoms with Crippen LogP contribution in [0.5, 0.6) is 0 Å². The summed E-state index contributed by atoms with van der Waals surface area (Å²) in [6, 6.07) is 3.79. The van der Waals surface area contributed by atoms with Gasteiger partial charge >= 0.3 is 5.97 Å². The number of carbonyl (C=O) groups is 1. The summed E-state index contributed by atoms with van der Waals surface area (Å²) in [7, 11) is 0. The molecule has 1 N–H and O–H groups in total. The fraction of sp³-hybridized carbons (Fsp3) is 0.600. The van der Waals surface area contributed by atoms with Gasteiger partial charge in [-0.05, 0) is 45.4 Å². The highest BCUT2D eigenvalue weighted by Crippen LogP contribution is 2.20. The van der Waals surface area contributed by atoms with Gasteiger partial charge < -0.3 is 15.0 Å². The average Bonchev–Trinajstić information content (AvgIpc) is 2.37. The number of aromatic nitrogens is 1. The molecule has 110 valence electrons. The fourth-order valence-corrected chi connectivity index (χ4v) is 2.46. The van der Waals surface area contributed by atoms with E-state index in [-0.39, 0.29) is 11.5 Å². The molecule has 1 aromatic rings. The number of ether oxygens (including phenoxy) is 1. The third-order valence-corrected chi connectivity index (χ3v) is 3.34. The minimum absolute atomic E-state index is 0.0494. The maximum Gasteiger partial charge on any atom is 0.357 e. The van der Waals surface area contributed by atoms with Gasteiger partial charge in [0.05, 0.1) is 6.61 Å². The lowest BCUT2D eigenvalue weighted by atomic mass is 10.0. The molecule has 0 unspecified atom stereocenters. The summed E-state index contributed by atoms with van der Waals surface area (Å²) in [4.78, 5) is 18.5. The number of piperazine rings is 1. The van der Waals surface area contributed by atoms with Gasteiger partial charge in [-0.15, -0.1) is 0 Å².